The van der Waals surface area contributed by atoms with Crippen LogP contribution in [0.5, 0.6) is 23.0 Å². The van der Waals surface area contributed by atoms with E-state index in [1.807, 2.05) is 12.1 Å². The number of aryl methyl sites for hydroxylation is 2. The monoisotopic (exact) mass is 793 g/mol. The molecule has 8 aliphatic rings. The van der Waals surface area contributed by atoms with Gasteiger partial charge in [-0.1, -0.05) is 0 Å². The molecule has 0 N–H and O–H groups in total. The van der Waals surface area contributed by atoms with Crippen molar-refractivity contribution in [2.75, 3.05) is 40.8 Å². The number of aromatic nitrogens is 1. The van der Waals surface area contributed by atoms with E-state index in [0.717, 1.165) is 37.1 Å². The number of pyridine rings is 1. The molecule has 6 aliphatic heterocycles. The Morgan fingerprint density at radius 2 is 1.05 bits per heavy atom. The molecule has 0 unspecified atom stereocenters. The summed E-state index contributed by atoms with van der Waals surface area (Å²) in [6.45, 7) is 5.24. The van der Waals surface area contributed by atoms with Crippen molar-refractivity contribution < 1.29 is 57.1 Å². The maximum atomic E-state index is 14.2. The fourth-order valence-electron chi connectivity index (χ4n) is 11.4. The second-order valence-electron chi connectivity index (χ2n) is 17.0. The van der Waals surface area contributed by atoms with Gasteiger partial charge in [-0.15, -0.1) is 0 Å². The molecular formula is C43H43N3O12. The Labute approximate surface area is 333 Å². The molecule has 302 valence electrons. The van der Waals surface area contributed by atoms with E-state index in [4.69, 9.17) is 37.9 Å². The van der Waals surface area contributed by atoms with Gasteiger partial charge in [-0.25, -0.2) is 19.2 Å². The molecule has 0 radical (unpaired) electrons. The molecule has 0 bridgehead atoms. The Balaban J connectivity index is 0.873. The number of ether oxygens (including phenoxy) is 8. The first-order valence-electron chi connectivity index (χ1n) is 20.1. The molecule has 11 rings (SSSR count). The van der Waals surface area contributed by atoms with Crippen LogP contribution in [0.1, 0.15) is 101 Å². The van der Waals surface area contributed by atoms with Gasteiger partial charge in [0.2, 0.25) is 13.6 Å². The van der Waals surface area contributed by atoms with Crippen molar-refractivity contribution in [3.05, 3.63) is 75.1 Å². The standard InChI is InChI=1S/C43H43N3O12/c1-18-22(40(47)55-32-9-20-5-7-45(3)36(20)34-24-12-28-30(53-16-51-28)14-26(24)42(49)57-38(32)34)11-23(19(2)44-18)41(48)56-33-10-21-6-8-46(4)37(21)35-25-13-29-31(54-17-52-29)15-27(25)43(50)58-39(33)35/h11-15,20-21,32-39H,5-10,16-17H2,1-4H3/t20-,21-,32+,33+,34-,35+,36-,37-,38+,39+/m1/s1. The molecule has 3 aromatic rings. The number of carbonyl (C=O) groups excluding carboxylic acids is 4. The number of hydrogen-bond acceptors (Lipinski definition) is 15. The highest BCUT2D eigenvalue weighted by molar-refractivity contribution is 5.97. The van der Waals surface area contributed by atoms with Gasteiger partial charge in [0.25, 0.3) is 0 Å². The molecule has 4 fully saturated rings. The van der Waals surface area contributed by atoms with Gasteiger partial charge in [0.05, 0.1) is 33.6 Å². The zero-order chi connectivity index (χ0) is 39.7. The van der Waals surface area contributed by atoms with Gasteiger partial charge in [0.15, 0.2) is 23.0 Å². The van der Waals surface area contributed by atoms with Gasteiger partial charge in [0.1, 0.15) is 24.4 Å². The van der Waals surface area contributed by atoms with Gasteiger partial charge in [-0.05, 0) is 120 Å². The molecule has 15 heteroatoms. The summed E-state index contributed by atoms with van der Waals surface area (Å²) in [7, 11) is 4.15. The predicted octanol–water partition coefficient (Wildman–Crippen LogP) is 4.30. The summed E-state index contributed by atoms with van der Waals surface area (Å²) in [5.41, 5.74) is 3.44. The zero-order valence-electron chi connectivity index (χ0n) is 32.6. The minimum absolute atomic E-state index is 0.0655. The molecule has 58 heavy (non-hydrogen) atoms. The lowest BCUT2D eigenvalue weighted by atomic mass is 9.69. The van der Waals surface area contributed by atoms with E-state index in [-0.39, 0.29) is 60.5 Å². The van der Waals surface area contributed by atoms with Crippen LogP contribution in [-0.4, -0.2) is 116 Å². The SMILES string of the molecule is Cc1nc(C)c(C(=O)O[C@H]2C[C@H]3CCN(C)[C@H]3[C@H]3c4cc5c(cc4C(=O)O[C@H]32)OCO5)cc1C(=O)O[C@H]1C[C@H]2CCN(C)[C@H]2[C@@H]2c3cc4c(cc3C(=O)O[C@H]21)OCO4. The number of carbonyl (C=O) groups is 4. The van der Waals surface area contributed by atoms with Crippen molar-refractivity contribution in [3.63, 3.8) is 0 Å². The first kappa shape index (κ1) is 35.7. The van der Waals surface area contributed by atoms with Crippen LogP contribution in [0.2, 0.25) is 0 Å². The van der Waals surface area contributed by atoms with Crippen LogP contribution in [0.4, 0.5) is 0 Å². The van der Waals surface area contributed by atoms with Crippen LogP contribution in [0.15, 0.2) is 30.3 Å². The van der Waals surface area contributed by atoms with E-state index < -0.39 is 48.3 Å². The number of likely N-dealkylation sites (N-methyl/N-ethyl adjacent to an activating group) is 2. The lowest BCUT2D eigenvalue weighted by Gasteiger charge is -2.48. The van der Waals surface area contributed by atoms with Crippen molar-refractivity contribution in [2.24, 2.45) is 11.8 Å². The molecule has 2 aromatic carbocycles. The third kappa shape index (κ3) is 5.34. The van der Waals surface area contributed by atoms with Gasteiger partial charge < -0.3 is 47.7 Å². The van der Waals surface area contributed by atoms with Gasteiger partial charge in [-0.2, -0.15) is 0 Å². The van der Waals surface area contributed by atoms with Crippen LogP contribution in [0, 0.1) is 25.7 Å². The quantitative estimate of drug-likeness (QED) is 0.272. The molecule has 2 saturated carbocycles. The Kier molecular flexibility index (Phi) is 8.04. The largest absolute Gasteiger partial charge is 0.455 e. The van der Waals surface area contributed by atoms with E-state index in [1.165, 1.54) is 6.07 Å². The third-order valence-corrected chi connectivity index (χ3v) is 14.0. The summed E-state index contributed by atoms with van der Waals surface area (Å²) < 4.78 is 47.4. The molecule has 0 amide bonds. The highest BCUT2D eigenvalue weighted by Crippen LogP contribution is 2.53. The minimum Gasteiger partial charge on any atom is -0.455 e. The number of hydrogen-bond donors (Lipinski definition) is 0. The molecular weight excluding hydrogens is 750 g/mol. The second-order valence-corrected chi connectivity index (χ2v) is 17.0. The van der Waals surface area contributed by atoms with Crippen molar-refractivity contribution >= 4 is 23.9 Å². The maximum Gasteiger partial charge on any atom is 0.340 e. The van der Waals surface area contributed by atoms with Crippen molar-refractivity contribution in [3.8, 4) is 23.0 Å². The first-order chi connectivity index (χ1) is 28.0. The van der Waals surface area contributed by atoms with Gasteiger partial charge in [0, 0.05) is 23.9 Å². The van der Waals surface area contributed by atoms with E-state index in [0.29, 0.717) is 58.4 Å². The normalized spacial score (nSPS) is 32.5. The summed E-state index contributed by atoms with van der Waals surface area (Å²) in [6, 6.07) is 8.72. The number of benzene rings is 2. The van der Waals surface area contributed by atoms with Crippen LogP contribution in [0.25, 0.3) is 0 Å². The Morgan fingerprint density at radius 3 is 1.48 bits per heavy atom. The van der Waals surface area contributed by atoms with E-state index in [9.17, 15) is 19.2 Å². The number of likely N-dealkylation sites (tertiary alicyclic amines) is 2. The average molecular weight is 794 g/mol. The van der Waals surface area contributed by atoms with E-state index >= 15 is 0 Å². The van der Waals surface area contributed by atoms with Crippen LogP contribution in [-0.2, 0) is 18.9 Å². The molecule has 2 saturated heterocycles. The van der Waals surface area contributed by atoms with Crippen molar-refractivity contribution in [1.82, 2.24) is 14.8 Å². The van der Waals surface area contributed by atoms with Gasteiger partial charge in [-0.3, -0.25) is 4.98 Å². The van der Waals surface area contributed by atoms with E-state index in [1.54, 1.807) is 26.0 Å². The number of rotatable bonds is 4. The predicted molar refractivity (Wildman–Crippen MR) is 199 cm³/mol. The molecule has 15 nitrogen and oxygen atoms in total. The lowest BCUT2D eigenvalue weighted by Crippen LogP contribution is -2.55. The summed E-state index contributed by atoms with van der Waals surface area (Å²) in [5.74, 6) is -0.394. The molecule has 1 aromatic heterocycles. The Bertz CT molecular complexity index is 2160. The Hall–Kier alpha value is -5.41. The summed E-state index contributed by atoms with van der Waals surface area (Å²) in [5, 5.41) is 0. The van der Waals surface area contributed by atoms with Gasteiger partial charge >= 0.3 is 23.9 Å². The number of fused-ring (bicyclic) bond motifs is 12. The molecule has 7 heterocycles. The fourth-order valence-corrected chi connectivity index (χ4v) is 11.4. The average Bonchev–Trinajstić information content (AvgIpc) is 4.01. The van der Waals surface area contributed by atoms with Crippen molar-refractivity contribution in [2.45, 2.75) is 87.9 Å². The molecule has 0 spiro atoms. The second kappa shape index (κ2) is 13.0. The fraction of sp³-hybridized carbons (Fsp3) is 0.512. The summed E-state index contributed by atoms with van der Waals surface area (Å²) >= 11 is 0. The Morgan fingerprint density at radius 1 is 0.638 bits per heavy atom. The molecule has 10 atom stereocenters. The minimum atomic E-state index is -0.748. The topological polar surface area (TPSA) is 161 Å². The smallest absolute Gasteiger partial charge is 0.340 e. The number of esters is 4. The number of nitrogens with zero attached hydrogens (tertiary/aromatic N) is 3. The maximum absolute atomic E-state index is 14.2. The summed E-state index contributed by atoms with van der Waals surface area (Å²) in [6.07, 6.45) is -0.156. The van der Waals surface area contributed by atoms with Crippen molar-refractivity contribution in [1.29, 1.82) is 0 Å². The highest BCUT2D eigenvalue weighted by Gasteiger charge is 2.57. The highest BCUT2D eigenvalue weighted by atomic mass is 16.7. The first-order valence-corrected chi connectivity index (χ1v) is 20.1. The third-order valence-electron chi connectivity index (χ3n) is 14.0. The van der Waals surface area contributed by atoms with Crippen LogP contribution in [0.3, 0.4) is 0 Å². The zero-order valence-corrected chi connectivity index (χ0v) is 32.6. The lowest BCUT2D eigenvalue weighted by molar-refractivity contribution is -0.0869. The molecule has 2 aliphatic carbocycles. The van der Waals surface area contributed by atoms with E-state index in [2.05, 4.69) is 28.9 Å². The van der Waals surface area contributed by atoms with Crippen LogP contribution >= 0.6 is 0 Å². The van der Waals surface area contributed by atoms with Crippen LogP contribution < -0.4 is 18.9 Å². The summed E-state index contributed by atoms with van der Waals surface area (Å²) in [4.78, 5) is 64.6.